The first kappa shape index (κ1) is 34.0. The van der Waals surface area contributed by atoms with Crippen LogP contribution in [0.15, 0.2) is 41.3 Å². The number of nitrogens with zero attached hydrogens (tertiary/aromatic N) is 2. The second kappa shape index (κ2) is 12.5. The predicted octanol–water partition coefficient (Wildman–Crippen LogP) is 5.03. The fourth-order valence-electron chi connectivity index (χ4n) is 4.63. The molecule has 18 heteroatoms. The van der Waals surface area contributed by atoms with Crippen molar-refractivity contribution in [3.8, 4) is 5.75 Å². The number of hydrogen-bond acceptors (Lipinski definition) is 7. The van der Waals surface area contributed by atoms with Gasteiger partial charge in [0.1, 0.15) is 17.7 Å². The molecule has 244 valence electrons. The molecule has 11 nitrogen and oxygen atoms in total. The molecule has 0 aliphatic carbocycles. The molecule has 0 aromatic heterocycles. The van der Waals surface area contributed by atoms with Crippen molar-refractivity contribution in [1.82, 2.24) is 9.03 Å². The van der Waals surface area contributed by atoms with Crippen molar-refractivity contribution in [3.63, 3.8) is 0 Å². The summed E-state index contributed by atoms with van der Waals surface area (Å²) in [7, 11) is -8.44. The van der Waals surface area contributed by atoms with Gasteiger partial charge in [-0.15, -0.1) is 0 Å². The highest BCUT2D eigenvalue weighted by atomic mass is 35.5. The molecule has 2 aliphatic rings. The van der Waals surface area contributed by atoms with Gasteiger partial charge in [-0.25, -0.2) is 17.6 Å². The van der Waals surface area contributed by atoms with Gasteiger partial charge in [0.15, 0.2) is 0 Å². The Bertz CT molecular complexity index is 1620. The van der Waals surface area contributed by atoms with Gasteiger partial charge in [-0.1, -0.05) is 18.0 Å². The number of halogens is 5. The van der Waals surface area contributed by atoms with Crippen molar-refractivity contribution in [2.24, 2.45) is 0 Å². The number of anilines is 2. The third-order valence-electron chi connectivity index (χ3n) is 7.19. The molecule has 2 aliphatic heterocycles. The zero-order chi connectivity index (χ0) is 32.7. The molecule has 2 N–H and O–H groups in total. The standard InChI is InChI=1S/C26H31ClF4N4O7S2/c1-16-6-4-5-11-34(16)44(39,40)32-14-18-15-35(43(37,38)19-8-9-21(28)20(27)13-19)22-12-17(7-10-23(22)41-18)33-24(36)42-25(2,3)26(29,30)31/h7-10,12-13,16,18,32H,4-6,11,14-15H2,1-3H3,(H,33,36)/t16?,18-/m0/s1. The molecular weight excluding hydrogens is 656 g/mol. The van der Waals surface area contributed by atoms with Gasteiger partial charge in [0.2, 0.25) is 5.60 Å². The van der Waals surface area contributed by atoms with Crippen molar-refractivity contribution < 1.29 is 48.7 Å². The summed E-state index contributed by atoms with van der Waals surface area (Å²) in [6.45, 7) is 2.69. The van der Waals surface area contributed by atoms with E-state index in [4.69, 9.17) is 16.3 Å². The number of hydrogen-bond donors (Lipinski definition) is 2. The highest BCUT2D eigenvalue weighted by Crippen LogP contribution is 2.40. The summed E-state index contributed by atoms with van der Waals surface area (Å²) in [5.41, 5.74) is -3.09. The lowest BCUT2D eigenvalue weighted by Gasteiger charge is -2.37. The molecule has 2 atom stereocenters. The topological polar surface area (TPSA) is 134 Å². The molecule has 0 spiro atoms. The monoisotopic (exact) mass is 686 g/mol. The predicted molar refractivity (Wildman–Crippen MR) is 154 cm³/mol. The highest BCUT2D eigenvalue weighted by molar-refractivity contribution is 7.92. The van der Waals surface area contributed by atoms with Crippen LogP contribution >= 0.6 is 11.6 Å². The number of rotatable bonds is 8. The maximum atomic E-state index is 13.8. The fraction of sp³-hybridized carbons (Fsp3) is 0.500. The zero-order valence-electron chi connectivity index (χ0n) is 23.8. The van der Waals surface area contributed by atoms with Crippen molar-refractivity contribution in [2.75, 3.05) is 29.3 Å². The number of sulfonamides is 1. The van der Waals surface area contributed by atoms with Crippen molar-refractivity contribution in [3.05, 3.63) is 47.2 Å². The van der Waals surface area contributed by atoms with Crippen LogP contribution < -0.4 is 19.1 Å². The Balaban J connectivity index is 1.64. The Morgan fingerprint density at radius 1 is 1.11 bits per heavy atom. The van der Waals surface area contributed by atoms with E-state index in [0.29, 0.717) is 33.2 Å². The lowest BCUT2D eigenvalue weighted by atomic mass is 10.1. The molecular formula is C26H31ClF4N4O7S2. The number of carbonyl (C=O) groups excluding carboxylic acids is 1. The van der Waals surface area contributed by atoms with Crippen LogP contribution in [0.1, 0.15) is 40.0 Å². The number of nitrogens with one attached hydrogen (secondary N) is 2. The number of amides is 1. The lowest BCUT2D eigenvalue weighted by Crippen LogP contribution is -2.52. The Kier molecular flexibility index (Phi) is 9.66. The molecule has 0 saturated carbocycles. The lowest BCUT2D eigenvalue weighted by molar-refractivity contribution is -0.242. The SMILES string of the molecule is CC1CCCCN1S(=O)(=O)NC[C@H]1CN(S(=O)(=O)c2ccc(F)c(Cl)c2)c2cc(NC(=O)OC(C)(C)C(F)(F)F)ccc2O1. The maximum Gasteiger partial charge on any atom is 0.427 e. The van der Waals surface area contributed by atoms with E-state index in [1.807, 2.05) is 0 Å². The Labute approximate surface area is 257 Å². The van der Waals surface area contributed by atoms with E-state index in [1.54, 1.807) is 6.92 Å². The van der Waals surface area contributed by atoms with Crippen LogP contribution in [0.25, 0.3) is 0 Å². The van der Waals surface area contributed by atoms with Gasteiger partial charge in [0, 0.05) is 18.3 Å². The van der Waals surface area contributed by atoms with Gasteiger partial charge in [0.05, 0.1) is 28.7 Å². The van der Waals surface area contributed by atoms with E-state index in [0.717, 1.165) is 35.0 Å². The van der Waals surface area contributed by atoms with Gasteiger partial charge in [0.25, 0.3) is 20.2 Å². The highest BCUT2D eigenvalue weighted by Gasteiger charge is 2.51. The molecule has 0 radical (unpaired) electrons. The van der Waals surface area contributed by atoms with E-state index in [2.05, 4.69) is 14.8 Å². The van der Waals surface area contributed by atoms with Gasteiger partial charge in [-0.3, -0.25) is 9.62 Å². The Morgan fingerprint density at radius 3 is 2.45 bits per heavy atom. The fourth-order valence-corrected chi connectivity index (χ4v) is 7.91. The number of ether oxygens (including phenoxy) is 2. The van der Waals surface area contributed by atoms with E-state index in [9.17, 15) is 39.2 Å². The quantitative estimate of drug-likeness (QED) is 0.372. The second-order valence-corrected chi connectivity index (χ2v) is 14.8. The average molecular weight is 687 g/mol. The molecule has 1 amide bonds. The second-order valence-electron chi connectivity index (χ2n) is 10.9. The Hall–Kier alpha value is -2.86. The van der Waals surface area contributed by atoms with Gasteiger partial charge in [-0.2, -0.15) is 30.6 Å². The van der Waals surface area contributed by atoms with Gasteiger partial charge < -0.3 is 9.47 Å². The van der Waals surface area contributed by atoms with Gasteiger partial charge in [-0.05, 0) is 70.0 Å². The van der Waals surface area contributed by atoms with Crippen LogP contribution in [0.5, 0.6) is 5.75 Å². The van der Waals surface area contributed by atoms with E-state index < -0.39 is 66.5 Å². The third-order valence-corrected chi connectivity index (χ3v) is 10.9. The molecule has 1 unspecified atom stereocenters. The number of fused-ring (bicyclic) bond motifs is 1. The number of benzene rings is 2. The van der Waals surface area contributed by atoms with Crippen LogP contribution in [0.4, 0.5) is 33.7 Å². The molecule has 4 rings (SSSR count). The van der Waals surface area contributed by atoms with E-state index in [-0.39, 0.29) is 29.7 Å². The van der Waals surface area contributed by atoms with Crippen LogP contribution in [-0.2, 0) is 25.0 Å². The first-order valence-corrected chi connectivity index (χ1v) is 16.7. The number of piperidine rings is 1. The van der Waals surface area contributed by atoms with Crippen molar-refractivity contribution >= 4 is 49.3 Å². The number of carbonyl (C=O) groups is 1. The van der Waals surface area contributed by atoms with Crippen LogP contribution in [0.3, 0.4) is 0 Å². The molecule has 2 aromatic rings. The van der Waals surface area contributed by atoms with Crippen LogP contribution in [0, 0.1) is 5.82 Å². The van der Waals surface area contributed by atoms with Crippen LogP contribution in [0.2, 0.25) is 5.02 Å². The summed E-state index contributed by atoms with van der Waals surface area (Å²) in [5.74, 6) is -0.905. The largest absolute Gasteiger partial charge is 0.485 e. The summed E-state index contributed by atoms with van der Waals surface area (Å²) >= 11 is 5.83. The van der Waals surface area contributed by atoms with Crippen LogP contribution in [-0.4, -0.2) is 70.8 Å². The third kappa shape index (κ3) is 7.33. The minimum Gasteiger partial charge on any atom is -0.485 e. The van der Waals surface area contributed by atoms with Gasteiger partial charge >= 0.3 is 12.3 Å². The first-order valence-electron chi connectivity index (χ1n) is 13.4. The van der Waals surface area contributed by atoms with E-state index >= 15 is 0 Å². The molecule has 2 heterocycles. The molecule has 0 bridgehead atoms. The summed E-state index contributed by atoms with van der Waals surface area (Å²) in [6.07, 6.45) is -5.08. The van der Waals surface area contributed by atoms with E-state index in [1.165, 1.54) is 16.4 Å². The molecule has 2 aromatic carbocycles. The summed E-state index contributed by atoms with van der Waals surface area (Å²) in [6, 6.07) is 6.15. The molecule has 44 heavy (non-hydrogen) atoms. The smallest absolute Gasteiger partial charge is 0.427 e. The average Bonchev–Trinajstić information content (AvgIpc) is 2.92. The molecule has 1 fully saturated rings. The normalized spacial score (nSPS) is 20.0. The minimum absolute atomic E-state index is 0.0434. The van der Waals surface area contributed by atoms with Crippen molar-refractivity contribution in [2.45, 2.75) is 68.9 Å². The first-order chi connectivity index (χ1) is 20.3. The maximum absolute atomic E-state index is 13.8. The summed E-state index contributed by atoms with van der Waals surface area (Å²) < 4.78 is 122. The minimum atomic E-state index is -4.86. The summed E-state index contributed by atoms with van der Waals surface area (Å²) in [5, 5.41) is 1.67. The zero-order valence-corrected chi connectivity index (χ0v) is 26.2. The summed E-state index contributed by atoms with van der Waals surface area (Å²) in [4.78, 5) is 11.9. The Morgan fingerprint density at radius 2 is 1.82 bits per heavy atom. The molecule has 1 saturated heterocycles. The van der Waals surface area contributed by atoms with Crippen molar-refractivity contribution in [1.29, 1.82) is 0 Å². The number of alkyl halides is 3.